The lowest BCUT2D eigenvalue weighted by Crippen LogP contribution is -2.32. The monoisotopic (exact) mass is 347 g/mol. The molecule has 2 amide bonds. The molecule has 0 saturated heterocycles. The molecular weight excluding hydrogens is 330 g/mol. The smallest absolute Gasteiger partial charge is 0.329 e. The topological polar surface area (TPSA) is 102 Å². The van der Waals surface area contributed by atoms with E-state index in [1.807, 2.05) is 66.9 Å². The molecule has 2 aromatic carbocycles. The van der Waals surface area contributed by atoms with Gasteiger partial charge in [-0.25, -0.2) is 5.43 Å². The zero-order valence-corrected chi connectivity index (χ0v) is 13.9. The lowest BCUT2D eigenvalue weighted by Gasteiger charge is -2.01. The van der Waals surface area contributed by atoms with Crippen molar-refractivity contribution < 1.29 is 9.59 Å². The van der Waals surface area contributed by atoms with Crippen LogP contribution in [-0.2, 0) is 16.1 Å². The summed E-state index contributed by atoms with van der Waals surface area (Å²) >= 11 is 0. The first kappa shape index (κ1) is 17.1. The first-order valence-electron chi connectivity index (χ1n) is 7.93. The molecule has 0 radical (unpaired) electrons. The van der Waals surface area contributed by atoms with Crippen LogP contribution < -0.4 is 11.2 Å². The third-order valence-corrected chi connectivity index (χ3v) is 3.62. The Morgan fingerprint density at radius 2 is 1.73 bits per heavy atom. The minimum absolute atomic E-state index is 0.599. The minimum Gasteiger partial charge on any atom is -0.361 e. The summed E-state index contributed by atoms with van der Waals surface area (Å²) in [6.07, 6.45) is 3.27. The maximum absolute atomic E-state index is 11.2. The van der Waals surface area contributed by atoms with E-state index in [0.717, 1.165) is 16.8 Å². The van der Waals surface area contributed by atoms with E-state index < -0.39 is 11.8 Å². The van der Waals surface area contributed by atoms with Crippen LogP contribution in [0.25, 0.3) is 11.3 Å². The normalized spacial score (nSPS) is 10.8. The summed E-state index contributed by atoms with van der Waals surface area (Å²) in [4.78, 5) is 22.0. The molecule has 0 spiro atoms. The van der Waals surface area contributed by atoms with Gasteiger partial charge in [-0.15, -0.1) is 0 Å². The molecule has 130 valence electrons. The quantitative estimate of drug-likeness (QED) is 0.416. The van der Waals surface area contributed by atoms with Crippen LogP contribution in [0.15, 0.2) is 72.0 Å². The van der Waals surface area contributed by atoms with Crippen LogP contribution in [0.1, 0.15) is 11.1 Å². The van der Waals surface area contributed by atoms with Gasteiger partial charge in [0.15, 0.2) is 0 Å². The SMILES string of the molecule is NC(=O)C(=O)N/N=C\c1cn(Cc2ccccc2)nc1-c1ccccc1. The first-order chi connectivity index (χ1) is 12.6. The summed E-state index contributed by atoms with van der Waals surface area (Å²) < 4.78 is 1.80. The van der Waals surface area contributed by atoms with Crippen LogP contribution in [0.4, 0.5) is 0 Å². The Labute approximate surface area is 150 Å². The highest BCUT2D eigenvalue weighted by molar-refractivity contribution is 6.34. The number of carbonyl (C=O) groups is 2. The number of hydrogen-bond acceptors (Lipinski definition) is 4. The molecule has 0 aliphatic rings. The molecule has 3 aromatic rings. The molecule has 0 aliphatic carbocycles. The fourth-order valence-corrected chi connectivity index (χ4v) is 2.42. The van der Waals surface area contributed by atoms with Gasteiger partial charge in [-0.1, -0.05) is 60.7 Å². The average molecular weight is 347 g/mol. The van der Waals surface area contributed by atoms with Gasteiger partial charge < -0.3 is 5.73 Å². The molecule has 1 heterocycles. The highest BCUT2D eigenvalue weighted by Gasteiger charge is 2.11. The summed E-state index contributed by atoms with van der Waals surface area (Å²) in [5.41, 5.74) is 10.4. The van der Waals surface area contributed by atoms with Gasteiger partial charge >= 0.3 is 11.8 Å². The third-order valence-electron chi connectivity index (χ3n) is 3.62. The maximum atomic E-state index is 11.2. The third kappa shape index (κ3) is 4.21. The first-order valence-corrected chi connectivity index (χ1v) is 7.93. The van der Waals surface area contributed by atoms with Crippen molar-refractivity contribution >= 4 is 18.0 Å². The van der Waals surface area contributed by atoms with Crippen molar-refractivity contribution in [1.82, 2.24) is 15.2 Å². The Bertz CT molecular complexity index is 933. The van der Waals surface area contributed by atoms with E-state index in [2.05, 4.69) is 15.6 Å². The number of amides is 2. The fourth-order valence-electron chi connectivity index (χ4n) is 2.42. The van der Waals surface area contributed by atoms with Crippen molar-refractivity contribution in [3.05, 3.63) is 78.0 Å². The van der Waals surface area contributed by atoms with Gasteiger partial charge in [0, 0.05) is 17.3 Å². The second kappa shape index (κ2) is 7.89. The molecule has 1 aromatic heterocycles. The summed E-state index contributed by atoms with van der Waals surface area (Å²) in [6, 6.07) is 19.6. The predicted octanol–water partition coefficient (Wildman–Crippen LogP) is 1.53. The summed E-state index contributed by atoms with van der Waals surface area (Å²) in [5.74, 6) is -2.07. The molecule has 0 atom stereocenters. The number of primary amides is 1. The number of nitrogens with one attached hydrogen (secondary N) is 1. The number of nitrogens with two attached hydrogens (primary N) is 1. The van der Waals surface area contributed by atoms with E-state index in [9.17, 15) is 9.59 Å². The van der Waals surface area contributed by atoms with Crippen molar-refractivity contribution in [2.24, 2.45) is 10.8 Å². The van der Waals surface area contributed by atoms with Gasteiger partial charge in [-0.2, -0.15) is 10.2 Å². The largest absolute Gasteiger partial charge is 0.361 e. The molecule has 0 fully saturated rings. The van der Waals surface area contributed by atoms with Crippen molar-refractivity contribution in [1.29, 1.82) is 0 Å². The summed E-state index contributed by atoms with van der Waals surface area (Å²) in [6.45, 7) is 0.599. The van der Waals surface area contributed by atoms with Crippen LogP contribution in [-0.4, -0.2) is 27.8 Å². The second-order valence-corrected chi connectivity index (χ2v) is 5.55. The van der Waals surface area contributed by atoms with Gasteiger partial charge in [-0.3, -0.25) is 14.3 Å². The molecule has 0 bridgehead atoms. The lowest BCUT2D eigenvalue weighted by molar-refractivity contribution is -0.137. The zero-order valence-electron chi connectivity index (χ0n) is 13.9. The summed E-state index contributed by atoms with van der Waals surface area (Å²) in [5, 5.41) is 8.42. The van der Waals surface area contributed by atoms with Gasteiger partial charge in [0.2, 0.25) is 0 Å². The van der Waals surface area contributed by atoms with Crippen molar-refractivity contribution in [2.75, 3.05) is 0 Å². The number of hydrogen-bond donors (Lipinski definition) is 2. The Kier molecular flexibility index (Phi) is 5.19. The Morgan fingerprint density at radius 1 is 1.08 bits per heavy atom. The predicted molar refractivity (Wildman–Crippen MR) is 98.1 cm³/mol. The van der Waals surface area contributed by atoms with Gasteiger partial charge in [0.25, 0.3) is 0 Å². The van der Waals surface area contributed by atoms with Crippen molar-refractivity contribution in [3.8, 4) is 11.3 Å². The highest BCUT2D eigenvalue weighted by Crippen LogP contribution is 2.21. The van der Waals surface area contributed by atoms with Crippen LogP contribution in [0.3, 0.4) is 0 Å². The Hall–Kier alpha value is -3.74. The fraction of sp³-hybridized carbons (Fsp3) is 0.0526. The van der Waals surface area contributed by atoms with Gasteiger partial charge in [-0.05, 0) is 5.56 Å². The summed E-state index contributed by atoms with van der Waals surface area (Å²) in [7, 11) is 0. The van der Waals surface area contributed by atoms with E-state index in [4.69, 9.17) is 5.73 Å². The van der Waals surface area contributed by atoms with Crippen molar-refractivity contribution in [2.45, 2.75) is 6.54 Å². The molecule has 0 unspecified atom stereocenters. The van der Waals surface area contributed by atoms with E-state index in [-0.39, 0.29) is 0 Å². The standard InChI is InChI=1S/C19H17N5O2/c20-18(25)19(26)22-21-11-16-13-24(12-14-7-3-1-4-8-14)23-17(16)15-9-5-2-6-10-15/h1-11,13H,12H2,(H2,20,25)(H,22,26)/b21-11-. The van der Waals surface area contributed by atoms with E-state index in [1.165, 1.54) is 6.21 Å². The van der Waals surface area contributed by atoms with Gasteiger partial charge in [0.05, 0.1) is 12.8 Å². The van der Waals surface area contributed by atoms with Crippen LogP contribution in [0, 0.1) is 0 Å². The zero-order chi connectivity index (χ0) is 18.4. The maximum Gasteiger partial charge on any atom is 0.329 e. The molecule has 0 saturated carbocycles. The molecule has 7 nitrogen and oxygen atoms in total. The number of carbonyl (C=O) groups excluding carboxylic acids is 2. The van der Waals surface area contributed by atoms with Crippen molar-refractivity contribution in [3.63, 3.8) is 0 Å². The van der Waals surface area contributed by atoms with E-state index in [0.29, 0.717) is 12.1 Å². The lowest BCUT2D eigenvalue weighted by atomic mass is 10.1. The van der Waals surface area contributed by atoms with Crippen LogP contribution in [0.5, 0.6) is 0 Å². The number of rotatable bonds is 5. The average Bonchev–Trinajstić information content (AvgIpc) is 3.05. The second-order valence-electron chi connectivity index (χ2n) is 5.55. The Balaban J connectivity index is 1.89. The highest BCUT2D eigenvalue weighted by atomic mass is 16.2. The number of nitrogens with zero attached hydrogens (tertiary/aromatic N) is 3. The van der Waals surface area contributed by atoms with E-state index in [1.54, 1.807) is 4.68 Å². The van der Waals surface area contributed by atoms with Gasteiger partial charge in [0.1, 0.15) is 5.69 Å². The van der Waals surface area contributed by atoms with E-state index >= 15 is 0 Å². The molecular formula is C19H17N5O2. The molecule has 26 heavy (non-hydrogen) atoms. The minimum atomic E-state index is -1.09. The molecule has 3 N–H and O–H groups in total. The molecule has 3 rings (SSSR count). The molecule has 0 aliphatic heterocycles. The number of benzene rings is 2. The Morgan fingerprint density at radius 3 is 2.38 bits per heavy atom. The molecule has 7 heteroatoms. The number of aromatic nitrogens is 2. The van der Waals surface area contributed by atoms with Crippen LogP contribution in [0.2, 0.25) is 0 Å². The van der Waals surface area contributed by atoms with Crippen LogP contribution >= 0.6 is 0 Å². The number of hydrazone groups is 1.